The summed E-state index contributed by atoms with van der Waals surface area (Å²) in [5, 5.41) is 3.90. The van der Waals surface area contributed by atoms with E-state index in [2.05, 4.69) is 15.3 Å². The van der Waals surface area contributed by atoms with E-state index in [1.807, 2.05) is 11.9 Å². The molecule has 0 aliphatic rings. The number of hydrogen-bond acceptors (Lipinski definition) is 4. The molecule has 3 aromatic rings. The fraction of sp³-hybridized carbons (Fsp3) is 0.0556. The first-order valence-corrected chi connectivity index (χ1v) is 8.15. The lowest BCUT2D eigenvalue weighted by atomic mass is 10.2. The number of amides is 1. The zero-order valence-corrected chi connectivity index (χ0v) is 14.8. The molecule has 0 saturated carbocycles. The van der Waals surface area contributed by atoms with Crippen molar-refractivity contribution in [3.63, 3.8) is 0 Å². The first-order chi connectivity index (χ1) is 12.0. The lowest BCUT2D eigenvalue weighted by molar-refractivity contribution is 0.102. The Morgan fingerprint density at radius 1 is 1.08 bits per heavy atom. The van der Waals surface area contributed by atoms with E-state index in [1.54, 1.807) is 54.9 Å². The van der Waals surface area contributed by atoms with Crippen LogP contribution in [0.1, 0.15) is 10.4 Å². The van der Waals surface area contributed by atoms with Gasteiger partial charge in [0.05, 0.1) is 28.8 Å². The maximum Gasteiger partial charge on any atom is 0.255 e. The molecule has 2 aromatic carbocycles. The smallest absolute Gasteiger partial charge is 0.255 e. The van der Waals surface area contributed by atoms with Crippen molar-refractivity contribution in [1.29, 1.82) is 0 Å². The Morgan fingerprint density at radius 3 is 2.56 bits per heavy atom. The average molecular weight is 373 g/mol. The normalized spacial score (nSPS) is 10.4. The molecule has 126 valence electrons. The van der Waals surface area contributed by atoms with Gasteiger partial charge in [-0.15, -0.1) is 0 Å². The van der Waals surface area contributed by atoms with Gasteiger partial charge in [0.15, 0.2) is 0 Å². The molecule has 0 radical (unpaired) electrons. The minimum Gasteiger partial charge on any atom is -0.341 e. The summed E-state index contributed by atoms with van der Waals surface area (Å²) in [7, 11) is 1.85. The standard InChI is InChI=1S/C18H14Cl2N4O/c1-24(15-9-21-11-22-10-15)17-8-14(5-6-16(17)20)23-18(25)12-3-2-4-13(19)7-12/h2-11H,1H3,(H,23,25). The van der Waals surface area contributed by atoms with E-state index in [0.29, 0.717) is 21.3 Å². The topological polar surface area (TPSA) is 58.1 Å². The molecule has 7 heteroatoms. The minimum absolute atomic E-state index is 0.249. The van der Waals surface area contributed by atoms with Gasteiger partial charge in [-0.05, 0) is 36.4 Å². The molecule has 1 heterocycles. The zero-order valence-electron chi connectivity index (χ0n) is 13.3. The molecule has 0 unspecified atom stereocenters. The van der Waals surface area contributed by atoms with Gasteiger partial charge >= 0.3 is 0 Å². The fourth-order valence-electron chi connectivity index (χ4n) is 2.28. The van der Waals surface area contributed by atoms with E-state index in [4.69, 9.17) is 23.2 Å². The summed E-state index contributed by atoms with van der Waals surface area (Å²) in [4.78, 5) is 22.2. The summed E-state index contributed by atoms with van der Waals surface area (Å²) >= 11 is 12.2. The van der Waals surface area contributed by atoms with Gasteiger partial charge < -0.3 is 10.2 Å². The molecule has 0 aliphatic carbocycles. The molecule has 1 N–H and O–H groups in total. The van der Waals surface area contributed by atoms with Crippen LogP contribution in [0.4, 0.5) is 17.1 Å². The molecule has 3 rings (SSSR count). The van der Waals surface area contributed by atoms with E-state index in [9.17, 15) is 4.79 Å². The number of hydrogen-bond donors (Lipinski definition) is 1. The van der Waals surface area contributed by atoms with Crippen LogP contribution in [0.15, 0.2) is 61.2 Å². The largest absolute Gasteiger partial charge is 0.341 e. The van der Waals surface area contributed by atoms with Crippen molar-refractivity contribution in [2.24, 2.45) is 0 Å². The van der Waals surface area contributed by atoms with Crippen molar-refractivity contribution in [2.75, 3.05) is 17.3 Å². The molecule has 1 aromatic heterocycles. The number of anilines is 3. The first-order valence-electron chi connectivity index (χ1n) is 7.40. The summed E-state index contributed by atoms with van der Waals surface area (Å²) in [5.41, 5.74) is 2.60. The Balaban J connectivity index is 1.85. The van der Waals surface area contributed by atoms with Crippen molar-refractivity contribution in [1.82, 2.24) is 9.97 Å². The van der Waals surface area contributed by atoms with Crippen LogP contribution in [0.3, 0.4) is 0 Å². The summed E-state index contributed by atoms with van der Waals surface area (Å²) in [6, 6.07) is 12.0. The predicted molar refractivity (Wildman–Crippen MR) is 101 cm³/mol. The number of aromatic nitrogens is 2. The van der Waals surface area contributed by atoms with Gasteiger partial charge in [0.1, 0.15) is 6.33 Å². The number of carbonyl (C=O) groups is 1. The van der Waals surface area contributed by atoms with Crippen molar-refractivity contribution >= 4 is 46.2 Å². The number of benzene rings is 2. The van der Waals surface area contributed by atoms with Crippen LogP contribution in [0.2, 0.25) is 10.0 Å². The van der Waals surface area contributed by atoms with Gasteiger partial charge in [-0.1, -0.05) is 29.3 Å². The van der Waals surface area contributed by atoms with Crippen LogP contribution in [-0.2, 0) is 0 Å². The molecule has 25 heavy (non-hydrogen) atoms. The minimum atomic E-state index is -0.249. The molecule has 0 bridgehead atoms. The van der Waals surface area contributed by atoms with E-state index in [0.717, 1.165) is 11.4 Å². The van der Waals surface area contributed by atoms with Gasteiger partial charge in [0.25, 0.3) is 5.91 Å². The lowest BCUT2D eigenvalue weighted by Crippen LogP contribution is -2.14. The second kappa shape index (κ2) is 7.51. The Morgan fingerprint density at radius 2 is 1.84 bits per heavy atom. The van der Waals surface area contributed by atoms with Crippen molar-refractivity contribution in [3.05, 3.63) is 76.8 Å². The molecule has 1 amide bonds. The van der Waals surface area contributed by atoms with E-state index in [1.165, 1.54) is 6.33 Å². The first kappa shape index (κ1) is 17.2. The SMILES string of the molecule is CN(c1cncnc1)c1cc(NC(=O)c2cccc(Cl)c2)ccc1Cl. The maximum atomic E-state index is 12.4. The van der Waals surface area contributed by atoms with Crippen LogP contribution in [0, 0.1) is 0 Å². The van der Waals surface area contributed by atoms with Gasteiger partial charge in [0.2, 0.25) is 0 Å². The van der Waals surface area contributed by atoms with Crippen LogP contribution in [0.25, 0.3) is 0 Å². The van der Waals surface area contributed by atoms with Gasteiger partial charge in [0, 0.05) is 23.3 Å². The quantitative estimate of drug-likeness (QED) is 0.714. The highest BCUT2D eigenvalue weighted by molar-refractivity contribution is 6.33. The predicted octanol–water partition coefficient (Wildman–Crippen LogP) is 4.80. The third-order valence-corrected chi connectivity index (χ3v) is 4.14. The van der Waals surface area contributed by atoms with Crippen LogP contribution >= 0.6 is 23.2 Å². The summed E-state index contributed by atoms with van der Waals surface area (Å²) in [6.45, 7) is 0. The Bertz CT molecular complexity index is 903. The Kier molecular flexibility index (Phi) is 5.16. The van der Waals surface area contributed by atoms with E-state index >= 15 is 0 Å². The Hall–Kier alpha value is -2.63. The summed E-state index contributed by atoms with van der Waals surface area (Å²) in [5.74, 6) is -0.249. The second-order valence-electron chi connectivity index (χ2n) is 5.29. The van der Waals surface area contributed by atoms with Crippen molar-refractivity contribution in [3.8, 4) is 0 Å². The monoisotopic (exact) mass is 372 g/mol. The third-order valence-electron chi connectivity index (χ3n) is 3.59. The van der Waals surface area contributed by atoms with Gasteiger partial charge in [-0.3, -0.25) is 4.79 Å². The molecular weight excluding hydrogens is 359 g/mol. The number of rotatable bonds is 4. The fourth-order valence-corrected chi connectivity index (χ4v) is 2.72. The molecule has 0 aliphatic heterocycles. The van der Waals surface area contributed by atoms with Crippen LogP contribution in [0.5, 0.6) is 0 Å². The number of halogens is 2. The number of nitrogens with zero attached hydrogens (tertiary/aromatic N) is 3. The van der Waals surface area contributed by atoms with Gasteiger partial charge in [-0.2, -0.15) is 0 Å². The average Bonchev–Trinajstić information content (AvgIpc) is 2.63. The molecule has 5 nitrogen and oxygen atoms in total. The second-order valence-corrected chi connectivity index (χ2v) is 6.13. The molecule has 0 spiro atoms. The molecule has 0 saturated heterocycles. The van der Waals surface area contributed by atoms with Crippen molar-refractivity contribution < 1.29 is 4.79 Å². The highest BCUT2D eigenvalue weighted by atomic mass is 35.5. The van der Waals surface area contributed by atoms with E-state index in [-0.39, 0.29) is 5.91 Å². The Labute approximate surface area is 155 Å². The van der Waals surface area contributed by atoms with E-state index < -0.39 is 0 Å². The van der Waals surface area contributed by atoms with Crippen molar-refractivity contribution in [2.45, 2.75) is 0 Å². The third kappa shape index (κ3) is 4.07. The highest BCUT2D eigenvalue weighted by Crippen LogP contribution is 2.32. The maximum absolute atomic E-state index is 12.4. The van der Waals surface area contributed by atoms with Crippen LogP contribution < -0.4 is 10.2 Å². The van der Waals surface area contributed by atoms with Gasteiger partial charge in [-0.25, -0.2) is 9.97 Å². The lowest BCUT2D eigenvalue weighted by Gasteiger charge is -2.20. The highest BCUT2D eigenvalue weighted by Gasteiger charge is 2.12. The molecular formula is C18H14Cl2N4O. The molecule has 0 atom stereocenters. The molecule has 0 fully saturated rings. The summed E-state index contributed by atoms with van der Waals surface area (Å²) < 4.78 is 0. The number of nitrogens with one attached hydrogen (secondary N) is 1. The summed E-state index contributed by atoms with van der Waals surface area (Å²) in [6.07, 6.45) is 4.82. The van der Waals surface area contributed by atoms with Crippen LogP contribution in [-0.4, -0.2) is 22.9 Å². The zero-order chi connectivity index (χ0) is 17.8. The number of carbonyl (C=O) groups excluding carboxylic acids is 1.